The maximum absolute atomic E-state index is 12.9. The maximum atomic E-state index is 12.9. The molecule has 1 fully saturated rings. The maximum Gasteiger partial charge on any atom is 0.246 e. The van der Waals surface area contributed by atoms with Crippen molar-refractivity contribution in [1.29, 1.82) is 0 Å². The van der Waals surface area contributed by atoms with Gasteiger partial charge in [-0.3, -0.25) is 0 Å². The van der Waals surface area contributed by atoms with Crippen molar-refractivity contribution in [1.82, 2.24) is 4.31 Å². The zero-order valence-corrected chi connectivity index (χ0v) is 13.7. The summed E-state index contributed by atoms with van der Waals surface area (Å²) < 4.78 is 33.0. The molecule has 0 aromatic heterocycles. The summed E-state index contributed by atoms with van der Waals surface area (Å²) in [7, 11) is -1.91. The predicted octanol–water partition coefficient (Wildman–Crippen LogP) is 1.72. The van der Waals surface area contributed by atoms with Gasteiger partial charge in [0.2, 0.25) is 10.0 Å². The van der Waals surface area contributed by atoms with Crippen LogP contribution in [0.2, 0.25) is 0 Å². The lowest BCUT2D eigenvalue weighted by atomic mass is 10.1. The molecule has 2 heterocycles. The Kier molecular flexibility index (Phi) is 4.07. The first-order valence-electron chi connectivity index (χ1n) is 7.11. The zero-order valence-electron chi connectivity index (χ0n) is 12.0. The van der Waals surface area contributed by atoms with Gasteiger partial charge in [-0.1, -0.05) is 0 Å². The van der Waals surface area contributed by atoms with E-state index in [9.17, 15) is 8.42 Å². The van der Waals surface area contributed by atoms with Crippen molar-refractivity contribution in [2.75, 3.05) is 30.9 Å². The Bertz CT molecular complexity index is 640. The molecule has 0 aliphatic carbocycles. The summed E-state index contributed by atoms with van der Waals surface area (Å²) in [5.74, 6) is 2.35. The van der Waals surface area contributed by atoms with Crippen LogP contribution in [0.1, 0.15) is 18.4 Å². The van der Waals surface area contributed by atoms with Crippen molar-refractivity contribution < 1.29 is 13.2 Å². The minimum absolute atomic E-state index is 0.0562. The van der Waals surface area contributed by atoms with E-state index in [1.54, 1.807) is 18.8 Å². The molecular weight excluding hydrogens is 308 g/mol. The van der Waals surface area contributed by atoms with Crippen molar-refractivity contribution in [2.24, 2.45) is 0 Å². The van der Waals surface area contributed by atoms with E-state index in [1.807, 2.05) is 6.07 Å². The van der Waals surface area contributed by atoms with Gasteiger partial charge in [0.15, 0.2) is 0 Å². The number of nitrogen functional groups attached to an aromatic ring is 1. The molecule has 1 aromatic carbocycles. The Morgan fingerprint density at radius 3 is 2.95 bits per heavy atom. The molecule has 1 atom stereocenters. The first kappa shape index (κ1) is 15.0. The monoisotopic (exact) mass is 328 g/mol. The molecule has 7 heteroatoms. The molecule has 5 nitrogen and oxygen atoms in total. The smallest absolute Gasteiger partial charge is 0.246 e. The Hall–Kier alpha value is -0.920. The van der Waals surface area contributed by atoms with Gasteiger partial charge in [0, 0.05) is 24.5 Å². The molecule has 3 rings (SSSR count). The minimum Gasteiger partial charge on any atom is -0.492 e. The van der Waals surface area contributed by atoms with Gasteiger partial charge in [0.05, 0.1) is 6.61 Å². The van der Waals surface area contributed by atoms with E-state index in [-0.39, 0.29) is 10.9 Å². The molecule has 1 unspecified atom stereocenters. The molecule has 1 saturated heterocycles. The van der Waals surface area contributed by atoms with Gasteiger partial charge in [-0.15, -0.1) is 0 Å². The Morgan fingerprint density at radius 2 is 2.24 bits per heavy atom. The van der Waals surface area contributed by atoms with Crippen LogP contribution in [-0.4, -0.2) is 43.9 Å². The Morgan fingerprint density at radius 1 is 1.43 bits per heavy atom. The molecule has 116 valence electrons. The normalized spacial score (nSPS) is 22.1. The van der Waals surface area contributed by atoms with E-state index in [4.69, 9.17) is 10.5 Å². The van der Waals surface area contributed by atoms with Crippen molar-refractivity contribution in [3.8, 4) is 5.75 Å². The molecule has 1 aromatic rings. The molecule has 0 amide bonds. The van der Waals surface area contributed by atoms with Crippen LogP contribution in [0, 0.1) is 0 Å². The van der Waals surface area contributed by atoms with Gasteiger partial charge in [-0.05, 0) is 42.7 Å². The number of hydrogen-bond acceptors (Lipinski definition) is 5. The van der Waals surface area contributed by atoms with E-state index in [0.717, 1.165) is 36.3 Å². The molecule has 0 spiro atoms. The van der Waals surface area contributed by atoms with Crippen LogP contribution >= 0.6 is 11.8 Å². The number of rotatable bonds is 3. The Balaban J connectivity index is 2.04. The number of thioether (sulfide) groups is 1. The number of anilines is 1. The molecule has 2 N–H and O–H groups in total. The number of ether oxygens (including phenoxy) is 1. The van der Waals surface area contributed by atoms with Gasteiger partial charge < -0.3 is 10.5 Å². The van der Waals surface area contributed by atoms with Crippen LogP contribution in [0.5, 0.6) is 5.75 Å². The van der Waals surface area contributed by atoms with Gasteiger partial charge >= 0.3 is 0 Å². The van der Waals surface area contributed by atoms with Crippen LogP contribution in [0.3, 0.4) is 0 Å². The topological polar surface area (TPSA) is 72.6 Å². The van der Waals surface area contributed by atoms with E-state index in [1.165, 1.54) is 10.4 Å². The first-order valence-corrected chi connectivity index (χ1v) is 9.70. The van der Waals surface area contributed by atoms with Crippen molar-refractivity contribution in [3.63, 3.8) is 0 Å². The lowest BCUT2D eigenvalue weighted by molar-refractivity contribution is 0.279. The number of fused-ring (bicyclic) bond motifs is 1. The summed E-state index contributed by atoms with van der Waals surface area (Å²) >= 11 is 1.79. The summed E-state index contributed by atoms with van der Waals surface area (Å²) in [6, 6.07) is 3.40. The largest absolute Gasteiger partial charge is 0.492 e. The van der Waals surface area contributed by atoms with Gasteiger partial charge in [-0.25, -0.2) is 8.42 Å². The fourth-order valence-electron chi connectivity index (χ4n) is 2.82. The quantitative estimate of drug-likeness (QED) is 0.855. The van der Waals surface area contributed by atoms with Crippen LogP contribution in [0.4, 0.5) is 5.69 Å². The van der Waals surface area contributed by atoms with Crippen LogP contribution in [0.25, 0.3) is 0 Å². The standard InChI is InChI=1S/C14H20N2O3S2/c1-16(12-4-6-20-9-12)21(17,18)13-8-11(15)7-10-3-2-5-19-14(10)13/h7-8,12H,2-6,9,15H2,1H3. The lowest BCUT2D eigenvalue weighted by Crippen LogP contribution is -2.37. The number of aryl methyl sites for hydroxylation is 1. The van der Waals surface area contributed by atoms with Crippen LogP contribution in [0.15, 0.2) is 17.0 Å². The van der Waals surface area contributed by atoms with E-state index in [2.05, 4.69) is 0 Å². The highest BCUT2D eigenvalue weighted by Gasteiger charge is 2.34. The molecule has 0 saturated carbocycles. The summed E-state index contributed by atoms with van der Waals surface area (Å²) in [5, 5.41) is 0. The van der Waals surface area contributed by atoms with Crippen LogP contribution < -0.4 is 10.5 Å². The highest BCUT2D eigenvalue weighted by atomic mass is 32.2. The second-order valence-electron chi connectivity index (χ2n) is 5.50. The minimum atomic E-state index is -3.57. The van der Waals surface area contributed by atoms with Crippen molar-refractivity contribution >= 4 is 27.5 Å². The number of nitrogens with zero attached hydrogens (tertiary/aromatic N) is 1. The van der Waals surface area contributed by atoms with Gasteiger partial charge in [0.1, 0.15) is 10.6 Å². The van der Waals surface area contributed by atoms with Crippen molar-refractivity contribution in [3.05, 3.63) is 17.7 Å². The summed E-state index contributed by atoms with van der Waals surface area (Å²) in [4.78, 5) is 0.219. The summed E-state index contributed by atoms with van der Waals surface area (Å²) in [6.07, 6.45) is 2.60. The average Bonchev–Trinajstić information content (AvgIpc) is 2.99. The third-order valence-electron chi connectivity index (χ3n) is 4.07. The van der Waals surface area contributed by atoms with E-state index in [0.29, 0.717) is 18.0 Å². The number of nitrogens with two attached hydrogens (primary N) is 1. The summed E-state index contributed by atoms with van der Waals surface area (Å²) in [5.41, 5.74) is 7.27. The summed E-state index contributed by atoms with van der Waals surface area (Å²) in [6.45, 7) is 0.558. The van der Waals surface area contributed by atoms with Gasteiger partial charge in [-0.2, -0.15) is 16.1 Å². The molecule has 0 bridgehead atoms. The third kappa shape index (κ3) is 2.74. The Labute approximate surface area is 129 Å². The fraction of sp³-hybridized carbons (Fsp3) is 0.571. The SMILES string of the molecule is CN(C1CCSC1)S(=O)(=O)c1cc(N)cc2c1OCCC2. The van der Waals surface area contributed by atoms with Gasteiger partial charge in [0.25, 0.3) is 0 Å². The number of benzene rings is 1. The molecule has 21 heavy (non-hydrogen) atoms. The molecule has 2 aliphatic heterocycles. The fourth-order valence-corrected chi connectivity index (χ4v) is 5.78. The third-order valence-corrected chi connectivity index (χ3v) is 7.13. The highest BCUT2D eigenvalue weighted by Crippen LogP contribution is 2.37. The second kappa shape index (κ2) is 5.70. The van der Waals surface area contributed by atoms with E-state index >= 15 is 0 Å². The second-order valence-corrected chi connectivity index (χ2v) is 8.61. The average molecular weight is 328 g/mol. The molecule has 0 radical (unpaired) electrons. The number of hydrogen-bond donors (Lipinski definition) is 1. The predicted molar refractivity (Wildman–Crippen MR) is 85.3 cm³/mol. The zero-order chi connectivity index (χ0) is 15.0. The molecular formula is C14H20N2O3S2. The molecule has 2 aliphatic rings. The van der Waals surface area contributed by atoms with Crippen LogP contribution in [-0.2, 0) is 16.4 Å². The highest BCUT2D eigenvalue weighted by molar-refractivity contribution is 7.99. The number of sulfonamides is 1. The first-order chi connectivity index (χ1) is 10.00. The lowest BCUT2D eigenvalue weighted by Gasteiger charge is -2.26. The van der Waals surface area contributed by atoms with Crippen molar-refractivity contribution in [2.45, 2.75) is 30.2 Å². The van der Waals surface area contributed by atoms with E-state index < -0.39 is 10.0 Å².